The van der Waals surface area contributed by atoms with E-state index < -0.39 is 10.0 Å². The lowest BCUT2D eigenvalue weighted by molar-refractivity contribution is 0.0944. The number of carbonyl (C=O) groups is 1. The standard InChI is InChI=1S/C20H26N2O3S2/c1-14(16-10-7-8-11-17(16)22-27(2,24)25)21-20(23)19-13-15-9-5-3-4-6-12-18(15)26-19/h7-8,10-11,13-14,22H,3-6,9,12H2,1-2H3,(H,21,23). The first-order chi connectivity index (χ1) is 12.8. The van der Waals surface area contributed by atoms with E-state index in [0.717, 1.165) is 29.5 Å². The molecule has 2 N–H and O–H groups in total. The fourth-order valence-electron chi connectivity index (χ4n) is 3.47. The fraction of sp³-hybridized carbons (Fsp3) is 0.450. The number of benzene rings is 1. The maximum Gasteiger partial charge on any atom is 0.261 e. The number of amides is 1. The van der Waals surface area contributed by atoms with Crippen LogP contribution in [0.5, 0.6) is 0 Å². The first-order valence-corrected chi connectivity index (χ1v) is 12.0. The van der Waals surface area contributed by atoms with Gasteiger partial charge in [0.2, 0.25) is 10.0 Å². The van der Waals surface area contributed by atoms with Gasteiger partial charge in [0, 0.05) is 4.88 Å². The van der Waals surface area contributed by atoms with Crippen LogP contribution in [0.3, 0.4) is 0 Å². The van der Waals surface area contributed by atoms with Crippen LogP contribution >= 0.6 is 11.3 Å². The number of para-hydroxylation sites is 1. The van der Waals surface area contributed by atoms with Crippen molar-refractivity contribution in [2.75, 3.05) is 11.0 Å². The molecule has 5 nitrogen and oxygen atoms in total. The Morgan fingerprint density at radius 3 is 2.56 bits per heavy atom. The highest BCUT2D eigenvalue weighted by molar-refractivity contribution is 7.92. The molecule has 0 aliphatic heterocycles. The Morgan fingerprint density at radius 1 is 1.11 bits per heavy atom. The number of rotatable bonds is 5. The van der Waals surface area contributed by atoms with Crippen molar-refractivity contribution in [2.45, 2.75) is 51.5 Å². The quantitative estimate of drug-likeness (QED) is 0.779. The zero-order chi connectivity index (χ0) is 19.4. The Balaban J connectivity index is 1.76. The summed E-state index contributed by atoms with van der Waals surface area (Å²) >= 11 is 1.59. The molecular weight excluding hydrogens is 380 g/mol. The Labute approximate surface area is 165 Å². The lowest BCUT2D eigenvalue weighted by Gasteiger charge is -2.18. The van der Waals surface area contributed by atoms with E-state index in [1.165, 1.54) is 36.1 Å². The van der Waals surface area contributed by atoms with E-state index in [4.69, 9.17) is 0 Å². The number of nitrogens with one attached hydrogen (secondary N) is 2. The molecule has 0 spiro atoms. The van der Waals surface area contributed by atoms with Crippen LogP contribution in [-0.4, -0.2) is 20.6 Å². The van der Waals surface area contributed by atoms with Gasteiger partial charge >= 0.3 is 0 Å². The molecule has 0 radical (unpaired) electrons. The van der Waals surface area contributed by atoms with Gasteiger partial charge in [-0.15, -0.1) is 11.3 Å². The van der Waals surface area contributed by atoms with E-state index >= 15 is 0 Å². The SMILES string of the molecule is CC(NC(=O)c1cc2c(s1)CCCCCC2)c1ccccc1NS(C)(=O)=O. The first-order valence-electron chi connectivity index (χ1n) is 9.32. The van der Waals surface area contributed by atoms with E-state index in [-0.39, 0.29) is 11.9 Å². The molecule has 1 aromatic carbocycles. The molecule has 0 bridgehead atoms. The zero-order valence-corrected chi connectivity index (χ0v) is 17.4. The van der Waals surface area contributed by atoms with E-state index in [9.17, 15) is 13.2 Å². The summed E-state index contributed by atoms with van der Waals surface area (Å²) < 4.78 is 25.7. The predicted molar refractivity (Wildman–Crippen MR) is 111 cm³/mol. The number of thiophene rings is 1. The molecule has 1 aromatic heterocycles. The van der Waals surface area contributed by atoms with Crippen molar-refractivity contribution in [2.24, 2.45) is 0 Å². The smallest absolute Gasteiger partial charge is 0.261 e. The number of sulfonamides is 1. The Bertz CT molecular complexity index is 894. The van der Waals surface area contributed by atoms with Crippen LogP contribution in [0.2, 0.25) is 0 Å². The molecule has 1 aliphatic carbocycles. The molecule has 1 heterocycles. The number of carbonyl (C=O) groups excluding carboxylic acids is 1. The van der Waals surface area contributed by atoms with Crippen molar-refractivity contribution >= 4 is 33.0 Å². The summed E-state index contributed by atoms with van der Waals surface area (Å²) in [5.41, 5.74) is 2.55. The Hall–Kier alpha value is -1.86. The zero-order valence-electron chi connectivity index (χ0n) is 15.7. The number of anilines is 1. The van der Waals surface area contributed by atoms with Crippen molar-refractivity contribution in [3.05, 3.63) is 51.2 Å². The summed E-state index contributed by atoms with van der Waals surface area (Å²) in [6.45, 7) is 1.87. The van der Waals surface area contributed by atoms with Gasteiger partial charge in [0.25, 0.3) is 5.91 Å². The molecular formula is C20H26N2O3S2. The third kappa shape index (κ3) is 5.32. The van der Waals surface area contributed by atoms with Crippen LogP contribution in [0.4, 0.5) is 5.69 Å². The van der Waals surface area contributed by atoms with Gasteiger partial charge in [-0.3, -0.25) is 9.52 Å². The van der Waals surface area contributed by atoms with E-state index in [0.29, 0.717) is 5.69 Å². The second-order valence-corrected chi connectivity index (χ2v) is 10.0. The fourth-order valence-corrected chi connectivity index (χ4v) is 5.21. The molecule has 0 fully saturated rings. The van der Waals surface area contributed by atoms with Gasteiger partial charge < -0.3 is 5.32 Å². The molecule has 146 valence electrons. The van der Waals surface area contributed by atoms with Gasteiger partial charge in [0.15, 0.2) is 0 Å². The average molecular weight is 407 g/mol. The summed E-state index contributed by atoms with van der Waals surface area (Å²) in [7, 11) is -3.38. The molecule has 1 atom stereocenters. The summed E-state index contributed by atoms with van der Waals surface area (Å²) in [5.74, 6) is -0.103. The van der Waals surface area contributed by atoms with E-state index in [1.807, 2.05) is 25.1 Å². The lowest BCUT2D eigenvalue weighted by Crippen LogP contribution is -2.27. The number of hydrogen-bond acceptors (Lipinski definition) is 4. The highest BCUT2D eigenvalue weighted by atomic mass is 32.2. The van der Waals surface area contributed by atoms with E-state index in [2.05, 4.69) is 10.0 Å². The van der Waals surface area contributed by atoms with Crippen molar-refractivity contribution in [3.8, 4) is 0 Å². The summed E-state index contributed by atoms with van der Waals surface area (Å²) in [6, 6.07) is 8.86. The number of aryl methyl sites for hydroxylation is 2. The van der Waals surface area contributed by atoms with Crippen molar-refractivity contribution in [1.82, 2.24) is 5.32 Å². The Morgan fingerprint density at radius 2 is 1.81 bits per heavy atom. The number of fused-ring (bicyclic) bond motifs is 1. The highest BCUT2D eigenvalue weighted by Crippen LogP contribution is 2.29. The molecule has 1 aliphatic rings. The second-order valence-electron chi connectivity index (χ2n) is 7.13. The van der Waals surface area contributed by atoms with Crippen LogP contribution < -0.4 is 10.0 Å². The third-order valence-corrected chi connectivity index (χ3v) is 6.62. The minimum absolute atomic E-state index is 0.103. The molecule has 3 rings (SSSR count). The van der Waals surface area contributed by atoms with Crippen LogP contribution in [-0.2, 0) is 22.9 Å². The van der Waals surface area contributed by atoms with Crippen molar-refractivity contribution < 1.29 is 13.2 Å². The summed E-state index contributed by atoms with van der Waals surface area (Å²) in [6.07, 6.45) is 8.13. The molecule has 1 unspecified atom stereocenters. The largest absolute Gasteiger partial charge is 0.345 e. The Kier molecular flexibility index (Phi) is 6.22. The van der Waals surface area contributed by atoms with Crippen molar-refractivity contribution in [3.63, 3.8) is 0 Å². The van der Waals surface area contributed by atoms with Gasteiger partial charge in [0.1, 0.15) is 0 Å². The minimum atomic E-state index is -3.38. The molecule has 0 saturated heterocycles. The van der Waals surface area contributed by atoms with Gasteiger partial charge in [-0.2, -0.15) is 0 Å². The summed E-state index contributed by atoms with van der Waals surface area (Å²) in [4.78, 5) is 14.9. The van der Waals surface area contributed by atoms with Gasteiger partial charge in [-0.1, -0.05) is 31.0 Å². The monoisotopic (exact) mass is 406 g/mol. The van der Waals surface area contributed by atoms with Crippen LogP contribution in [0.25, 0.3) is 0 Å². The van der Waals surface area contributed by atoms with Gasteiger partial charge in [0.05, 0.1) is 22.9 Å². The maximum atomic E-state index is 12.8. The average Bonchev–Trinajstić information content (AvgIpc) is 2.96. The van der Waals surface area contributed by atoms with Crippen LogP contribution in [0, 0.1) is 0 Å². The number of hydrogen-bond donors (Lipinski definition) is 2. The minimum Gasteiger partial charge on any atom is -0.345 e. The molecule has 7 heteroatoms. The first kappa shape index (κ1) is 19.9. The van der Waals surface area contributed by atoms with Crippen molar-refractivity contribution in [1.29, 1.82) is 0 Å². The second kappa shape index (κ2) is 8.44. The van der Waals surface area contributed by atoms with Crippen LogP contribution in [0.15, 0.2) is 30.3 Å². The topological polar surface area (TPSA) is 75.3 Å². The molecule has 0 saturated carbocycles. The third-order valence-electron chi connectivity index (χ3n) is 4.79. The summed E-state index contributed by atoms with van der Waals surface area (Å²) in [5, 5.41) is 3.02. The molecule has 2 aromatic rings. The highest BCUT2D eigenvalue weighted by Gasteiger charge is 2.19. The van der Waals surface area contributed by atoms with Gasteiger partial charge in [-0.05, 0) is 55.9 Å². The normalized spacial score (nSPS) is 15.9. The lowest BCUT2D eigenvalue weighted by atomic mass is 9.99. The maximum absolute atomic E-state index is 12.8. The molecule has 27 heavy (non-hydrogen) atoms. The molecule has 1 amide bonds. The van der Waals surface area contributed by atoms with E-state index in [1.54, 1.807) is 23.5 Å². The van der Waals surface area contributed by atoms with Gasteiger partial charge in [-0.25, -0.2) is 8.42 Å². The van der Waals surface area contributed by atoms with Crippen LogP contribution in [0.1, 0.15) is 64.3 Å². The predicted octanol–water partition coefficient (Wildman–Crippen LogP) is 4.27.